The van der Waals surface area contributed by atoms with Crippen molar-refractivity contribution in [3.05, 3.63) is 53.1 Å². The number of rotatable bonds is 3. The molecule has 0 radical (unpaired) electrons. The molecule has 23 heavy (non-hydrogen) atoms. The van der Waals surface area contributed by atoms with E-state index in [2.05, 4.69) is 10.6 Å². The second-order valence-corrected chi connectivity index (χ2v) is 5.72. The number of para-hydroxylation sites is 1. The molecule has 2 N–H and O–H groups in total. The van der Waals surface area contributed by atoms with Crippen molar-refractivity contribution in [3.63, 3.8) is 0 Å². The Kier molecular flexibility index (Phi) is 4.21. The molecular weight excluding hydrogens is 316 g/mol. The normalized spacial score (nSPS) is 16.1. The first-order valence-corrected chi connectivity index (χ1v) is 7.55. The molecule has 5 nitrogen and oxygen atoms in total. The molecule has 1 unspecified atom stereocenters. The van der Waals surface area contributed by atoms with Gasteiger partial charge < -0.3 is 15.4 Å². The Labute approximate surface area is 138 Å². The Morgan fingerprint density at radius 2 is 2.09 bits per heavy atom. The molecule has 2 aromatic rings. The van der Waals surface area contributed by atoms with Crippen molar-refractivity contribution >= 4 is 34.8 Å². The van der Waals surface area contributed by atoms with E-state index in [4.69, 9.17) is 16.3 Å². The molecule has 2 amide bonds. The third kappa shape index (κ3) is 3.46. The van der Waals surface area contributed by atoms with Crippen molar-refractivity contribution in [2.24, 2.45) is 0 Å². The number of halogens is 1. The van der Waals surface area contributed by atoms with Crippen LogP contribution in [-0.2, 0) is 16.0 Å². The smallest absolute Gasteiger partial charge is 0.265 e. The predicted molar refractivity (Wildman–Crippen MR) is 88.9 cm³/mol. The van der Waals surface area contributed by atoms with Crippen LogP contribution in [0, 0.1) is 0 Å². The fraction of sp³-hybridized carbons (Fsp3) is 0.176. The first kappa shape index (κ1) is 15.4. The van der Waals surface area contributed by atoms with Crippen molar-refractivity contribution in [2.75, 3.05) is 10.6 Å². The topological polar surface area (TPSA) is 67.4 Å². The summed E-state index contributed by atoms with van der Waals surface area (Å²) in [6.07, 6.45) is -0.366. The minimum atomic E-state index is -0.556. The summed E-state index contributed by atoms with van der Waals surface area (Å²) in [5.74, 6) is 0.0974. The van der Waals surface area contributed by atoms with Gasteiger partial charge in [0.25, 0.3) is 5.91 Å². The lowest BCUT2D eigenvalue weighted by molar-refractivity contribution is -0.122. The number of carbonyl (C=O) groups is 2. The highest BCUT2D eigenvalue weighted by Gasteiger charge is 2.25. The van der Waals surface area contributed by atoms with Gasteiger partial charge in [-0.3, -0.25) is 9.59 Å². The van der Waals surface area contributed by atoms with Crippen molar-refractivity contribution in [2.45, 2.75) is 19.4 Å². The van der Waals surface area contributed by atoms with Gasteiger partial charge in [0.2, 0.25) is 5.91 Å². The van der Waals surface area contributed by atoms with Crippen LogP contribution in [-0.4, -0.2) is 17.9 Å². The van der Waals surface area contributed by atoms with Crippen LogP contribution >= 0.6 is 11.6 Å². The molecular formula is C17H15ClN2O3. The van der Waals surface area contributed by atoms with E-state index in [0.29, 0.717) is 22.1 Å². The third-order valence-electron chi connectivity index (χ3n) is 3.48. The van der Waals surface area contributed by atoms with Gasteiger partial charge in [-0.15, -0.1) is 0 Å². The zero-order chi connectivity index (χ0) is 16.4. The molecule has 1 heterocycles. The van der Waals surface area contributed by atoms with Gasteiger partial charge in [-0.25, -0.2) is 0 Å². The summed E-state index contributed by atoms with van der Waals surface area (Å²) in [6, 6.07) is 12.4. The molecule has 0 saturated carbocycles. The van der Waals surface area contributed by atoms with E-state index in [1.54, 1.807) is 43.3 Å². The van der Waals surface area contributed by atoms with E-state index in [1.165, 1.54) is 0 Å². The maximum absolute atomic E-state index is 12.2. The Bertz CT molecular complexity index is 776. The minimum Gasteiger partial charge on any atom is -0.479 e. The fourth-order valence-electron chi connectivity index (χ4n) is 2.36. The van der Waals surface area contributed by atoms with Crippen molar-refractivity contribution < 1.29 is 14.3 Å². The van der Waals surface area contributed by atoms with E-state index in [1.807, 2.05) is 6.07 Å². The number of nitrogens with one attached hydrogen (secondary N) is 2. The number of anilines is 2. The van der Waals surface area contributed by atoms with Crippen molar-refractivity contribution in [1.82, 2.24) is 0 Å². The quantitative estimate of drug-likeness (QED) is 0.907. The third-order valence-corrected chi connectivity index (χ3v) is 3.71. The minimum absolute atomic E-state index is 0.190. The van der Waals surface area contributed by atoms with Gasteiger partial charge in [0.05, 0.1) is 12.1 Å². The van der Waals surface area contributed by atoms with Crippen LogP contribution in [0.1, 0.15) is 12.5 Å². The van der Waals surface area contributed by atoms with E-state index in [-0.39, 0.29) is 18.2 Å². The summed E-state index contributed by atoms with van der Waals surface area (Å²) in [6.45, 7) is 1.67. The molecule has 0 spiro atoms. The Morgan fingerprint density at radius 3 is 2.87 bits per heavy atom. The molecule has 1 aliphatic rings. The largest absolute Gasteiger partial charge is 0.479 e. The van der Waals surface area contributed by atoms with Crippen molar-refractivity contribution in [3.8, 4) is 5.75 Å². The van der Waals surface area contributed by atoms with Crippen LogP contribution in [0.4, 0.5) is 11.4 Å². The highest BCUT2D eigenvalue weighted by molar-refractivity contribution is 6.30. The fourth-order valence-corrected chi connectivity index (χ4v) is 2.57. The molecule has 0 bridgehead atoms. The van der Waals surface area contributed by atoms with Crippen molar-refractivity contribution in [1.29, 1.82) is 0 Å². The molecule has 6 heteroatoms. The standard InChI is InChI=1S/C17H15ClN2O3/c1-10-17(22)20-16-13(6-3-7-14(16)23-10)19-15(21)9-11-4-2-5-12(18)8-11/h2-8,10H,9H2,1H3,(H,19,21)(H,20,22). The van der Waals surface area contributed by atoms with E-state index < -0.39 is 6.10 Å². The van der Waals surface area contributed by atoms with Crippen LogP contribution in [0.15, 0.2) is 42.5 Å². The van der Waals surface area contributed by atoms with Crippen LogP contribution in [0.3, 0.4) is 0 Å². The number of hydrogen-bond donors (Lipinski definition) is 2. The Hall–Kier alpha value is -2.53. The molecule has 0 aromatic heterocycles. The summed E-state index contributed by atoms with van der Waals surface area (Å²) in [7, 11) is 0. The number of carbonyl (C=O) groups excluding carboxylic acids is 2. The van der Waals surface area contributed by atoms with Gasteiger partial charge in [-0.2, -0.15) is 0 Å². The zero-order valence-corrected chi connectivity index (χ0v) is 13.2. The molecule has 1 aliphatic heterocycles. The first-order chi connectivity index (χ1) is 11.0. The molecule has 0 fully saturated rings. The first-order valence-electron chi connectivity index (χ1n) is 7.18. The van der Waals surface area contributed by atoms with Gasteiger partial charge in [0, 0.05) is 5.02 Å². The average Bonchev–Trinajstić information content (AvgIpc) is 2.49. The second-order valence-electron chi connectivity index (χ2n) is 5.28. The predicted octanol–water partition coefficient (Wildman–Crippen LogP) is 3.24. The van der Waals surface area contributed by atoms with E-state index >= 15 is 0 Å². The summed E-state index contributed by atoms with van der Waals surface area (Å²) in [5.41, 5.74) is 1.80. The molecule has 118 valence electrons. The maximum atomic E-state index is 12.2. The van der Waals surface area contributed by atoms with Gasteiger partial charge in [0.15, 0.2) is 6.10 Å². The van der Waals surface area contributed by atoms with E-state index in [9.17, 15) is 9.59 Å². The molecule has 1 atom stereocenters. The van der Waals surface area contributed by atoms with Gasteiger partial charge in [0.1, 0.15) is 11.4 Å². The van der Waals surface area contributed by atoms with Gasteiger partial charge in [-0.05, 0) is 36.8 Å². The average molecular weight is 331 g/mol. The van der Waals surface area contributed by atoms with Crippen LogP contribution in [0.25, 0.3) is 0 Å². The summed E-state index contributed by atoms with van der Waals surface area (Å²) < 4.78 is 5.52. The Morgan fingerprint density at radius 1 is 1.30 bits per heavy atom. The van der Waals surface area contributed by atoms with E-state index in [0.717, 1.165) is 5.56 Å². The maximum Gasteiger partial charge on any atom is 0.265 e. The number of hydrogen-bond acceptors (Lipinski definition) is 3. The summed E-state index contributed by atoms with van der Waals surface area (Å²) in [4.78, 5) is 24.0. The molecule has 0 saturated heterocycles. The van der Waals surface area contributed by atoms with Crippen LogP contribution in [0.2, 0.25) is 5.02 Å². The number of amides is 2. The molecule has 0 aliphatic carbocycles. The van der Waals surface area contributed by atoms with Gasteiger partial charge in [-0.1, -0.05) is 29.8 Å². The lowest BCUT2D eigenvalue weighted by Gasteiger charge is -2.25. The molecule has 3 rings (SSSR count). The summed E-state index contributed by atoms with van der Waals surface area (Å²) in [5, 5.41) is 6.14. The van der Waals surface area contributed by atoms with Gasteiger partial charge >= 0.3 is 0 Å². The highest BCUT2D eigenvalue weighted by Crippen LogP contribution is 2.36. The second kappa shape index (κ2) is 6.30. The number of benzene rings is 2. The van der Waals surface area contributed by atoms with Crippen LogP contribution < -0.4 is 15.4 Å². The zero-order valence-electron chi connectivity index (χ0n) is 12.4. The highest BCUT2D eigenvalue weighted by atomic mass is 35.5. The number of ether oxygens (including phenoxy) is 1. The molecule has 2 aromatic carbocycles. The Balaban J connectivity index is 1.77. The monoisotopic (exact) mass is 330 g/mol. The SMILES string of the molecule is CC1Oc2cccc(NC(=O)Cc3cccc(Cl)c3)c2NC1=O. The lowest BCUT2D eigenvalue weighted by atomic mass is 10.1. The summed E-state index contributed by atoms with van der Waals surface area (Å²) >= 11 is 5.92. The number of fused-ring (bicyclic) bond motifs is 1. The van der Waals surface area contributed by atoms with Crippen LogP contribution in [0.5, 0.6) is 5.75 Å². The lowest BCUT2D eigenvalue weighted by Crippen LogP contribution is -2.35.